The van der Waals surface area contributed by atoms with Crippen LogP contribution in [0.25, 0.3) is 6.08 Å². The third kappa shape index (κ3) is 6.72. The number of thiophene rings is 1. The predicted octanol–water partition coefficient (Wildman–Crippen LogP) is 4.42. The SMILES string of the molecule is COc1ccc(C(=O)N/C(=C\c2cccs2)C(=O)N[C@H](C)COc2ccc(C)cc2)cc1. The number of aryl methyl sites for hydroxylation is 1. The van der Waals surface area contributed by atoms with Gasteiger partial charge in [-0.05, 0) is 67.8 Å². The van der Waals surface area contributed by atoms with Crippen LogP contribution in [0.15, 0.2) is 71.7 Å². The molecule has 32 heavy (non-hydrogen) atoms. The molecule has 7 heteroatoms. The van der Waals surface area contributed by atoms with E-state index in [0.717, 1.165) is 16.2 Å². The highest BCUT2D eigenvalue weighted by molar-refractivity contribution is 7.10. The third-order valence-electron chi connectivity index (χ3n) is 4.57. The van der Waals surface area contributed by atoms with Gasteiger partial charge in [0.05, 0.1) is 13.2 Å². The van der Waals surface area contributed by atoms with Crippen LogP contribution in [-0.2, 0) is 4.79 Å². The van der Waals surface area contributed by atoms with E-state index in [0.29, 0.717) is 17.9 Å². The number of amides is 2. The molecule has 1 heterocycles. The Kier molecular flexibility index (Phi) is 8.05. The first-order valence-electron chi connectivity index (χ1n) is 10.2. The van der Waals surface area contributed by atoms with Gasteiger partial charge < -0.3 is 20.1 Å². The summed E-state index contributed by atoms with van der Waals surface area (Å²) in [6.07, 6.45) is 1.66. The Morgan fingerprint density at radius 3 is 2.34 bits per heavy atom. The molecule has 0 aliphatic heterocycles. The van der Waals surface area contributed by atoms with Gasteiger partial charge in [-0.3, -0.25) is 9.59 Å². The van der Waals surface area contributed by atoms with Crippen molar-refractivity contribution in [1.82, 2.24) is 10.6 Å². The van der Waals surface area contributed by atoms with Gasteiger partial charge in [0, 0.05) is 10.4 Å². The van der Waals surface area contributed by atoms with Gasteiger partial charge >= 0.3 is 0 Å². The maximum atomic E-state index is 12.9. The second kappa shape index (κ2) is 11.2. The molecular formula is C25H26N2O4S. The molecule has 0 saturated heterocycles. The summed E-state index contributed by atoms with van der Waals surface area (Å²) in [7, 11) is 1.56. The minimum atomic E-state index is -0.389. The lowest BCUT2D eigenvalue weighted by Crippen LogP contribution is -2.41. The number of methoxy groups -OCH3 is 1. The van der Waals surface area contributed by atoms with E-state index in [-0.39, 0.29) is 23.6 Å². The lowest BCUT2D eigenvalue weighted by molar-refractivity contribution is -0.118. The molecule has 2 amide bonds. The van der Waals surface area contributed by atoms with E-state index in [4.69, 9.17) is 9.47 Å². The molecule has 6 nitrogen and oxygen atoms in total. The molecule has 3 rings (SSSR count). The predicted molar refractivity (Wildman–Crippen MR) is 127 cm³/mol. The van der Waals surface area contributed by atoms with Gasteiger partial charge in [0.25, 0.3) is 11.8 Å². The van der Waals surface area contributed by atoms with Crippen molar-refractivity contribution in [2.75, 3.05) is 13.7 Å². The normalized spacial score (nSPS) is 12.0. The van der Waals surface area contributed by atoms with E-state index in [1.54, 1.807) is 37.5 Å². The minimum Gasteiger partial charge on any atom is -0.497 e. The number of ether oxygens (including phenoxy) is 2. The van der Waals surface area contributed by atoms with Crippen molar-refractivity contribution in [2.24, 2.45) is 0 Å². The molecule has 0 aliphatic carbocycles. The van der Waals surface area contributed by atoms with Gasteiger partial charge in [0.1, 0.15) is 23.8 Å². The standard InChI is InChI=1S/C25H26N2O4S/c1-17-6-10-21(11-7-17)31-16-18(2)26-25(29)23(15-22-5-4-14-32-22)27-24(28)19-8-12-20(30-3)13-9-19/h4-15,18H,16H2,1-3H3,(H,26,29)(H,27,28)/b23-15-/t18-/m1/s1. The number of carbonyl (C=O) groups excluding carboxylic acids is 2. The Bertz CT molecular complexity index is 1060. The van der Waals surface area contributed by atoms with Gasteiger partial charge in [0.2, 0.25) is 0 Å². The van der Waals surface area contributed by atoms with E-state index in [9.17, 15) is 9.59 Å². The van der Waals surface area contributed by atoms with Gasteiger partial charge in [-0.25, -0.2) is 0 Å². The molecule has 0 fully saturated rings. The van der Waals surface area contributed by atoms with Crippen LogP contribution in [0.5, 0.6) is 11.5 Å². The largest absolute Gasteiger partial charge is 0.497 e. The van der Waals surface area contributed by atoms with Crippen LogP contribution in [0.1, 0.15) is 27.7 Å². The fourth-order valence-electron chi connectivity index (χ4n) is 2.81. The molecule has 2 aromatic carbocycles. The second-order valence-corrected chi connectivity index (χ2v) is 8.23. The fraction of sp³-hybridized carbons (Fsp3) is 0.200. The molecular weight excluding hydrogens is 424 g/mol. The highest BCUT2D eigenvalue weighted by atomic mass is 32.1. The average Bonchev–Trinajstić information content (AvgIpc) is 3.31. The Morgan fingerprint density at radius 2 is 1.72 bits per heavy atom. The van der Waals surface area contributed by atoms with Crippen molar-refractivity contribution in [1.29, 1.82) is 0 Å². The Balaban J connectivity index is 1.66. The molecule has 0 spiro atoms. The van der Waals surface area contributed by atoms with E-state index < -0.39 is 0 Å². The number of nitrogens with one attached hydrogen (secondary N) is 2. The van der Waals surface area contributed by atoms with Crippen LogP contribution >= 0.6 is 11.3 Å². The zero-order valence-electron chi connectivity index (χ0n) is 18.3. The fourth-order valence-corrected chi connectivity index (χ4v) is 3.47. The maximum absolute atomic E-state index is 12.9. The number of benzene rings is 2. The first-order valence-corrected chi connectivity index (χ1v) is 11.0. The molecule has 0 radical (unpaired) electrons. The first kappa shape index (κ1) is 23.1. The molecule has 3 aromatic rings. The lowest BCUT2D eigenvalue weighted by Gasteiger charge is -2.17. The van der Waals surface area contributed by atoms with Crippen LogP contribution in [0, 0.1) is 6.92 Å². The number of hydrogen-bond acceptors (Lipinski definition) is 5. The van der Waals surface area contributed by atoms with E-state index in [2.05, 4.69) is 10.6 Å². The summed E-state index contributed by atoms with van der Waals surface area (Å²) in [4.78, 5) is 26.5. The zero-order chi connectivity index (χ0) is 22.9. The second-order valence-electron chi connectivity index (χ2n) is 7.25. The van der Waals surface area contributed by atoms with Gasteiger partial charge in [-0.15, -0.1) is 11.3 Å². The van der Waals surface area contributed by atoms with Gasteiger partial charge in [-0.1, -0.05) is 23.8 Å². The summed E-state index contributed by atoms with van der Waals surface area (Å²) in [6.45, 7) is 4.15. The molecule has 166 valence electrons. The molecule has 0 bridgehead atoms. The monoisotopic (exact) mass is 450 g/mol. The van der Waals surface area contributed by atoms with Crippen molar-refractivity contribution in [3.63, 3.8) is 0 Å². The van der Waals surface area contributed by atoms with E-state index >= 15 is 0 Å². The van der Waals surface area contributed by atoms with Crippen LogP contribution in [0.2, 0.25) is 0 Å². The molecule has 0 unspecified atom stereocenters. The minimum absolute atomic E-state index is 0.162. The average molecular weight is 451 g/mol. The lowest BCUT2D eigenvalue weighted by atomic mass is 10.2. The van der Waals surface area contributed by atoms with Crippen molar-refractivity contribution < 1.29 is 19.1 Å². The van der Waals surface area contributed by atoms with Crippen LogP contribution in [0.4, 0.5) is 0 Å². The zero-order valence-corrected chi connectivity index (χ0v) is 19.1. The third-order valence-corrected chi connectivity index (χ3v) is 5.39. The highest BCUT2D eigenvalue weighted by Crippen LogP contribution is 2.15. The van der Waals surface area contributed by atoms with E-state index in [1.165, 1.54) is 11.3 Å². The van der Waals surface area contributed by atoms with Crippen LogP contribution in [0.3, 0.4) is 0 Å². The van der Waals surface area contributed by atoms with Gasteiger partial charge in [0.15, 0.2) is 0 Å². The smallest absolute Gasteiger partial charge is 0.268 e. The van der Waals surface area contributed by atoms with Crippen LogP contribution in [-0.4, -0.2) is 31.6 Å². The summed E-state index contributed by atoms with van der Waals surface area (Å²) in [6, 6.07) is 17.9. The summed E-state index contributed by atoms with van der Waals surface area (Å²) in [5.41, 5.74) is 1.73. The van der Waals surface area contributed by atoms with Crippen molar-refractivity contribution in [3.05, 3.63) is 87.7 Å². The Morgan fingerprint density at radius 1 is 1.03 bits per heavy atom. The van der Waals surface area contributed by atoms with Crippen molar-refractivity contribution in [2.45, 2.75) is 19.9 Å². The van der Waals surface area contributed by atoms with Crippen molar-refractivity contribution >= 4 is 29.2 Å². The molecule has 2 N–H and O–H groups in total. The first-order chi connectivity index (χ1) is 15.4. The molecule has 1 atom stereocenters. The van der Waals surface area contributed by atoms with Crippen molar-refractivity contribution in [3.8, 4) is 11.5 Å². The summed E-state index contributed by atoms with van der Waals surface area (Å²) in [5.74, 6) is 0.615. The number of rotatable bonds is 9. The molecule has 0 aliphatic rings. The topological polar surface area (TPSA) is 76.7 Å². The summed E-state index contributed by atoms with van der Waals surface area (Å²) in [5, 5.41) is 7.52. The molecule has 0 saturated carbocycles. The molecule has 1 aromatic heterocycles. The van der Waals surface area contributed by atoms with E-state index in [1.807, 2.05) is 55.6 Å². The Labute approximate surface area is 191 Å². The summed E-state index contributed by atoms with van der Waals surface area (Å²) < 4.78 is 10.9. The highest BCUT2D eigenvalue weighted by Gasteiger charge is 2.17. The number of carbonyl (C=O) groups is 2. The Hall–Kier alpha value is -3.58. The summed E-state index contributed by atoms with van der Waals surface area (Å²) >= 11 is 1.48. The van der Waals surface area contributed by atoms with Gasteiger partial charge in [-0.2, -0.15) is 0 Å². The van der Waals surface area contributed by atoms with Crippen LogP contribution < -0.4 is 20.1 Å². The quantitative estimate of drug-likeness (QED) is 0.473. The maximum Gasteiger partial charge on any atom is 0.268 e. The number of hydrogen-bond donors (Lipinski definition) is 2.